The van der Waals surface area contributed by atoms with Crippen molar-refractivity contribution in [1.82, 2.24) is 20.4 Å². The van der Waals surface area contributed by atoms with Gasteiger partial charge in [0, 0.05) is 30.9 Å². The molecule has 0 saturated heterocycles. The zero-order chi connectivity index (χ0) is 15.2. The highest BCUT2D eigenvalue weighted by atomic mass is 32.1. The molecule has 0 radical (unpaired) electrons. The SMILES string of the molecule is CCn1ncc(CNC(=S)NCc2ccc(C)cc2)c1C. The molecule has 4 nitrogen and oxygen atoms in total. The number of hydrogen-bond donors (Lipinski definition) is 2. The smallest absolute Gasteiger partial charge is 0.166 e. The highest BCUT2D eigenvalue weighted by Crippen LogP contribution is 2.06. The zero-order valence-corrected chi connectivity index (χ0v) is 13.6. The fourth-order valence-corrected chi connectivity index (χ4v) is 2.25. The molecule has 1 heterocycles. The molecule has 1 aromatic carbocycles. The molecule has 1 aromatic heterocycles. The minimum Gasteiger partial charge on any atom is -0.359 e. The summed E-state index contributed by atoms with van der Waals surface area (Å²) in [6.07, 6.45) is 1.90. The van der Waals surface area contributed by atoms with E-state index in [9.17, 15) is 0 Å². The van der Waals surface area contributed by atoms with Crippen LogP contribution in [0, 0.1) is 13.8 Å². The van der Waals surface area contributed by atoms with Crippen LogP contribution in [-0.2, 0) is 19.6 Å². The predicted octanol–water partition coefficient (Wildman–Crippen LogP) is 2.68. The van der Waals surface area contributed by atoms with Gasteiger partial charge < -0.3 is 10.6 Å². The van der Waals surface area contributed by atoms with Gasteiger partial charge in [-0.2, -0.15) is 5.10 Å². The van der Waals surface area contributed by atoms with E-state index in [-0.39, 0.29) is 0 Å². The number of hydrogen-bond acceptors (Lipinski definition) is 2. The van der Waals surface area contributed by atoms with Gasteiger partial charge in [0.25, 0.3) is 0 Å². The Morgan fingerprint density at radius 1 is 1.14 bits per heavy atom. The van der Waals surface area contributed by atoms with E-state index >= 15 is 0 Å². The summed E-state index contributed by atoms with van der Waals surface area (Å²) in [6, 6.07) is 8.44. The molecule has 0 saturated carbocycles. The van der Waals surface area contributed by atoms with Gasteiger partial charge in [-0.05, 0) is 38.6 Å². The van der Waals surface area contributed by atoms with Crippen molar-refractivity contribution < 1.29 is 0 Å². The van der Waals surface area contributed by atoms with Crippen molar-refractivity contribution in [3.8, 4) is 0 Å². The molecule has 0 spiro atoms. The lowest BCUT2D eigenvalue weighted by molar-refractivity contribution is 0.637. The number of nitrogens with zero attached hydrogens (tertiary/aromatic N) is 2. The van der Waals surface area contributed by atoms with E-state index in [1.54, 1.807) is 0 Å². The second kappa shape index (κ2) is 7.22. The average Bonchev–Trinajstić information content (AvgIpc) is 2.85. The maximum absolute atomic E-state index is 5.31. The van der Waals surface area contributed by atoms with Crippen LogP contribution in [0.3, 0.4) is 0 Å². The standard InChI is InChI=1S/C16H22N4S/c1-4-20-13(3)15(11-19-20)10-18-16(21)17-9-14-7-5-12(2)6-8-14/h5-8,11H,4,9-10H2,1-3H3,(H2,17,18,21). The molecule has 0 aliphatic carbocycles. The fraction of sp³-hybridized carbons (Fsp3) is 0.375. The summed E-state index contributed by atoms with van der Waals surface area (Å²) in [6.45, 7) is 8.58. The van der Waals surface area contributed by atoms with Gasteiger partial charge in [0.15, 0.2) is 5.11 Å². The van der Waals surface area contributed by atoms with Crippen molar-refractivity contribution in [3.05, 3.63) is 52.8 Å². The Morgan fingerprint density at radius 2 is 1.81 bits per heavy atom. The topological polar surface area (TPSA) is 41.9 Å². The molecule has 0 unspecified atom stereocenters. The number of rotatable bonds is 5. The third-order valence-corrected chi connectivity index (χ3v) is 3.81. The molecular weight excluding hydrogens is 280 g/mol. The Morgan fingerprint density at radius 3 is 2.43 bits per heavy atom. The van der Waals surface area contributed by atoms with Crippen LogP contribution in [0.5, 0.6) is 0 Å². The van der Waals surface area contributed by atoms with Gasteiger partial charge in [-0.3, -0.25) is 4.68 Å². The van der Waals surface area contributed by atoms with E-state index in [2.05, 4.69) is 60.8 Å². The van der Waals surface area contributed by atoms with Crippen molar-refractivity contribution in [1.29, 1.82) is 0 Å². The van der Waals surface area contributed by atoms with E-state index in [0.717, 1.165) is 13.1 Å². The van der Waals surface area contributed by atoms with Crippen LogP contribution < -0.4 is 10.6 Å². The maximum atomic E-state index is 5.31. The first kappa shape index (κ1) is 15.5. The van der Waals surface area contributed by atoms with Crippen molar-refractivity contribution in [2.75, 3.05) is 0 Å². The molecule has 0 amide bonds. The molecule has 2 N–H and O–H groups in total. The van der Waals surface area contributed by atoms with Crippen LogP contribution in [-0.4, -0.2) is 14.9 Å². The monoisotopic (exact) mass is 302 g/mol. The van der Waals surface area contributed by atoms with Crippen molar-refractivity contribution >= 4 is 17.3 Å². The molecule has 21 heavy (non-hydrogen) atoms. The molecule has 2 rings (SSSR count). The van der Waals surface area contributed by atoms with Crippen molar-refractivity contribution in [3.63, 3.8) is 0 Å². The third kappa shape index (κ3) is 4.29. The van der Waals surface area contributed by atoms with Gasteiger partial charge in [0.1, 0.15) is 0 Å². The molecule has 0 bridgehead atoms. The van der Waals surface area contributed by atoms with Crippen molar-refractivity contribution in [2.24, 2.45) is 0 Å². The van der Waals surface area contributed by atoms with Crippen LogP contribution in [0.4, 0.5) is 0 Å². The van der Waals surface area contributed by atoms with Crippen LogP contribution in [0.1, 0.15) is 29.3 Å². The van der Waals surface area contributed by atoms with E-state index in [1.165, 1.54) is 22.4 Å². The fourth-order valence-electron chi connectivity index (χ4n) is 2.10. The highest BCUT2D eigenvalue weighted by Gasteiger charge is 2.05. The summed E-state index contributed by atoms with van der Waals surface area (Å²) in [5.41, 5.74) is 4.85. The Bertz CT molecular complexity index is 601. The quantitative estimate of drug-likeness (QED) is 0.833. The minimum atomic E-state index is 0.666. The van der Waals surface area contributed by atoms with Crippen LogP contribution in [0.15, 0.2) is 30.5 Å². The average molecular weight is 302 g/mol. The van der Waals surface area contributed by atoms with Gasteiger partial charge in [-0.1, -0.05) is 29.8 Å². The van der Waals surface area contributed by atoms with E-state index in [1.807, 2.05) is 10.9 Å². The third-order valence-electron chi connectivity index (χ3n) is 3.52. The maximum Gasteiger partial charge on any atom is 0.166 e. The summed E-state index contributed by atoms with van der Waals surface area (Å²) >= 11 is 5.31. The summed E-state index contributed by atoms with van der Waals surface area (Å²) < 4.78 is 1.99. The van der Waals surface area contributed by atoms with Crippen LogP contribution >= 0.6 is 12.2 Å². The number of nitrogens with one attached hydrogen (secondary N) is 2. The molecule has 5 heteroatoms. The molecule has 0 fully saturated rings. The second-order valence-corrected chi connectivity index (χ2v) is 5.50. The number of aromatic nitrogens is 2. The first-order chi connectivity index (χ1) is 10.1. The Hall–Kier alpha value is -1.88. The molecular formula is C16H22N4S. The normalized spacial score (nSPS) is 10.4. The molecule has 0 atom stereocenters. The van der Waals surface area contributed by atoms with Gasteiger partial charge in [0.05, 0.1) is 6.20 Å². The Kier molecular flexibility index (Phi) is 5.33. The molecule has 112 valence electrons. The van der Waals surface area contributed by atoms with Gasteiger partial charge >= 0.3 is 0 Å². The lowest BCUT2D eigenvalue weighted by atomic mass is 10.1. The molecule has 0 aliphatic rings. The van der Waals surface area contributed by atoms with E-state index in [0.29, 0.717) is 11.7 Å². The molecule has 2 aromatic rings. The molecule has 0 aliphatic heterocycles. The minimum absolute atomic E-state index is 0.666. The van der Waals surface area contributed by atoms with E-state index in [4.69, 9.17) is 12.2 Å². The number of aryl methyl sites for hydroxylation is 2. The first-order valence-corrected chi connectivity index (χ1v) is 7.59. The first-order valence-electron chi connectivity index (χ1n) is 7.18. The summed E-state index contributed by atoms with van der Waals surface area (Å²) in [5, 5.41) is 11.4. The van der Waals surface area contributed by atoms with Gasteiger partial charge in [-0.15, -0.1) is 0 Å². The Balaban J connectivity index is 1.79. The second-order valence-electron chi connectivity index (χ2n) is 5.09. The summed E-state index contributed by atoms with van der Waals surface area (Å²) in [4.78, 5) is 0. The number of thiocarbonyl (C=S) groups is 1. The summed E-state index contributed by atoms with van der Waals surface area (Å²) in [5.74, 6) is 0. The van der Waals surface area contributed by atoms with Gasteiger partial charge in [0.2, 0.25) is 0 Å². The van der Waals surface area contributed by atoms with E-state index < -0.39 is 0 Å². The van der Waals surface area contributed by atoms with Crippen LogP contribution in [0.25, 0.3) is 0 Å². The Labute approximate surface area is 131 Å². The van der Waals surface area contributed by atoms with Crippen molar-refractivity contribution in [2.45, 2.75) is 40.4 Å². The van der Waals surface area contributed by atoms with Gasteiger partial charge in [-0.25, -0.2) is 0 Å². The zero-order valence-electron chi connectivity index (χ0n) is 12.8. The lowest BCUT2D eigenvalue weighted by Crippen LogP contribution is -2.34. The van der Waals surface area contributed by atoms with Crippen LogP contribution in [0.2, 0.25) is 0 Å². The predicted molar refractivity (Wildman–Crippen MR) is 90.1 cm³/mol. The highest BCUT2D eigenvalue weighted by molar-refractivity contribution is 7.80. The lowest BCUT2D eigenvalue weighted by Gasteiger charge is -2.10. The summed E-state index contributed by atoms with van der Waals surface area (Å²) in [7, 11) is 0. The largest absolute Gasteiger partial charge is 0.359 e. The number of benzene rings is 1.